The SMILES string of the molecule is NC[C@@H](C(=O)Nc1cc2c(F)cncc2s1)c1ccc(CO[N+](=O)[O-])cc1. The monoisotopic (exact) mass is 390 g/mol. The number of hydrogen-bond donors (Lipinski definition) is 2. The summed E-state index contributed by atoms with van der Waals surface area (Å²) in [6, 6.07) is 8.17. The quantitative estimate of drug-likeness (QED) is 0.473. The number of hydrogen-bond acceptors (Lipinski definition) is 7. The van der Waals surface area contributed by atoms with Crippen LogP contribution >= 0.6 is 11.3 Å². The Bertz CT molecular complexity index is 977. The molecule has 1 atom stereocenters. The minimum atomic E-state index is -0.868. The van der Waals surface area contributed by atoms with Gasteiger partial charge in [0.1, 0.15) is 12.4 Å². The Morgan fingerprint density at radius 2 is 2.11 bits per heavy atom. The number of nitrogens with two attached hydrogens (primary N) is 1. The normalized spacial score (nSPS) is 11.9. The number of aromatic nitrogens is 1. The van der Waals surface area contributed by atoms with Crippen LogP contribution in [-0.2, 0) is 16.2 Å². The number of nitrogens with one attached hydrogen (secondary N) is 1. The summed E-state index contributed by atoms with van der Waals surface area (Å²) in [5.74, 6) is -1.40. The van der Waals surface area contributed by atoms with Crippen molar-refractivity contribution in [2.45, 2.75) is 12.5 Å². The van der Waals surface area contributed by atoms with E-state index in [2.05, 4.69) is 15.1 Å². The highest BCUT2D eigenvalue weighted by molar-refractivity contribution is 7.22. The van der Waals surface area contributed by atoms with Gasteiger partial charge < -0.3 is 15.9 Å². The lowest BCUT2D eigenvalue weighted by molar-refractivity contribution is -0.763. The lowest BCUT2D eigenvalue weighted by Gasteiger charge is -2.15. The van der Waals surface area contributed by atoms with Gasteiger partial charge in [0.05, 0.1) is 21.8 Å². The number of amides is 1. The summed E-state index contributed by atoms with van der Waals surface area (Å²) < 4.78 is 14.4. The first-order valence-electron chi connectivity index (χ1n) is 7.88. The van der Waals surface area contributed by atoms with E-state index < -0.39 is 16.8 Å². The van der Waals surface area contributed by atoms with Gasteiger partial charge >= 0.3 is 0 Å². The molecule has 0 bridgehead atoms. The summed E-state index contributed by atoms with van der Waals surface area (Å²) in [6.07, 6.45) is 2.65. The average Bonchev–Trinajstić information content (AvgIpc) is 3.05. The molecule has 140 valence electrons. The molecule has 0 saturated carbocycles. The number of anilines is 1. The first-order chi connectivity index (χ1) is 13.0. The molecular formula is C17H15FN4O4S. The average molecular weight is 390 g/mol. The van der Waals surface area contributed by atoms with Crippen molar-refractivity contribution in [3.05, 3.63) is 69.8 Å². The van der Waals surface area contributed by atoms with Crippen LogP contribution in [0, 0.1) is 15.9 Å². The van der Waals surface area contributed by atoms with Gasteiger partial charge in [-0.05, 0) is 17.2 Å². The molecule has 0 saturated heterocycles. The van der Waals surface area contributed by atoms with Crippen LogP contribution < -0.4 is 11.1 Å². The molecule has 0 spiro atoms. The standard InChI is InChI=1S/C17H15FN4O4S/c18-14-7-20-8-15-12(14)5-16(27-15)21-17(23)13(6-19)11-3-1-10(2-4-11)9-26-22(24)25/h1-5,7-8,13H,6,9,19H2,(H,21,23)/t13-/m1/s1. The molecule has 27 heavy (non-hydrogen) atoms. The third-order valence-electron chi connectivity index (χ3n) is 3.92. The van der Waals surface area contributed by atoms with E-state index in [-0.39, 0.29) is 19.1 Å². The lowest BCUT2D eigenvalue weighted by Crippen LogP contribution is -2.27. The van der Waals surface area contributed by atoms with E-state index in [4.69, 9.17) is 5.73 Å². The molecule has 8 nitrogen and oxygen atoms in total. The maximum absolute atomic E-state index is 13.7. The van der Waals surface area contributed by atoms with Crippen LogP contribution in [0.3, 0.4) is 0 Å². The van der Waals surface area contributed by atoms with Gasteiger partial charge in [-0.15, -0.1) is 21.5 Å². The Morgan fingerprint density at radius 1 is 1.37 bits per heavy atom. The Balaban J connectivity index is 1.73. The van der Waals surface area contributed by atoms with Crippen molar-refractivity contribution in [1.29, 1.82) is 0 Å². The van der Waals surface area contributed by atoms with E-state index in [1.807, 2.05) is 0 Å². The molecule has 2 heterocycles. The summed E-state index contributed by atoms with van der Waals surface area (Å²) >= 11 is 1.22. The van der Waals surface area contributed by atoms with Gasteiger partial charge in [0.25, 0.3) is 5.09 Å². The second-order valence-electron chi connectivity index (χ2n) is 5.66. The molecule has 0 aliphatic carbocycles. The van der Waals surface area contributed by atoms with E-state index in [0.717, 1.165) is 6.20 Å². The molecule has 3 aromatic rings. The van der Waals surface area contributed by atoms with Gasteiger partial charge in [-0.3, -0.25) is 9.78 Å². The number of pyridine rings is 1. The largest absolute Gasteiger partial charge is 0.329 e. The zero-order valence-electron chi connectivity index (χ0n) is 13.9. The predicted octanol–water partition coefficient (Wildman–Crippen LogP) is 2.82. The molecule has 0 fully saturated rings. The van der Waals surface area contributed by atoms with Gasteiger partial charge in [0.2, 0.25) is 5.91 Å². The van der Waals surface area contributed by atoms with Crippen molar-refractivity contribution in [2.75, 3.05) is 11.9 Å². The Hall–Kier alpha value is -3.11. The van der Waals surface area contributed by atoms with Gasteiger partial charge in [0.15, 0.2) is 0 Å². The third-order valence-corrected chi connectivity index (χ3v) is 4.90. The summed E-state index contributed by atoms with van der Waals surface area (Å²) in [4.78, 5) is 30.9. The van der Waals surface area contributed by atoms with E-state index in [1.54, 1.807) is 30.3 Å². The van der Waals surface area contributed by atoms with Crippen LogP contribution in [-0.4, -0.2) is 22.5 Å². The highest BCUT2D eigenvalue weighted by Crippen LogP contribution is 2.31. The van der Waals surface area contributed by atoms with Gasteiger partial charge in [-0.1, -0.05) is 24.3 Å². The van der Waals surface area contributed by atoms with Crippen LogP contribution in [0.15, 0.2) is 42.7 Å². The van der Waals surface area contributed by atoms with Crippen LogP contribution in [0.1, 0.15) is 17.0 Å². The second-order valence-corrected chi connectivity index (χ2v) is 6.74. The molecule has 10 heteroatoms. The van der Waals surface area contributed by atoms with Crippen LogP contribution in [0.25, 0.3) is 10.1 Å². The fourth-order valence-electron chi connectivity index (χ4n) is 2.57. The number of nitrogens with zero attached hydrogens (tertiary/aromatic N) is 2. The minimum absolute atomic E-state index is 0.0669. The minimum Gasteiger partial charge on any atom is -0.329 e. The highest BCUT2D eigenvalue weighted by atomic mass is 32.1. The maximum atomic E-state index is 13.7. The van der Waals surface area contributed by atoms with E-state index in [9.17, 15) is 19.3 Å². The molecular weight excluding hydrogens is 375 g/mol. The van der Waals surface area contributed by atoms with Gasteiger partial charge in [0, 0.05) is 18.1 Å². The van der Waals surface area contributed by atoms with Crippen molar-refractivity contribution in [3.63, 3.8) is 0 Å². The van der Waals surface area contributed by atoms with Crippen LogP contribution in [0.5, 0.6) is 0 Å². The second kappa shape index (κ2) is 8.06. The number of benzene rings is 1. The maximum Gasteiger partial charge on any atom is 0.294 e. The van der Waals surface area contributed by atoms with Crippen molar-refractivity contribution in [2.24, 2.45) is 5.73 Å². The number of carbonyl (C=O) groups is 1. The van der Waals surface area contributed by atoms with Gasteiger partial charge in [-0.25, -0.2) is 4.39 Å². The molecule has 2 aromatic heterocycles. The number of fused-ring (bicyclic) bond motifs is 1. The molecule has 0 radical (unpaired) electrons. The Morgan fingerprint density at radius 3 is 2.74 bits per heavy atom. The van der Waals surface area contributed by atoms with Crippen molar-refractivity contribution >= 4 is 32.3 Å². The molecule has 1 amide bonds. The fraction of sp³-hybridized carbons (Fsp3) is 0.176. The lowest BCUT2D eigenvalue weighted by atomic mass is 9.97. The van der Waals surface area contributed by atoms with Crippen LogP contribution in [0.2, 0.25) is 0 Å². The highest BCUT2D eigenvalue weighted by Gasteiger charge is 2.20. The topological polar surface area (TPSA) is 120 Å². The van der Waals surface area contributed by atoms with E-state index >= 15 is 0 Å². The fourth-order valence-corrected chi connectivity index (χ4v) is 3.51. The van der Waals surface area contributed by atoms with Crippen molar-refractivity contribution in [3.8, 4) is 0 Å². The first-order valence-corrected chi connectivity index (χ1v) is 8.69. The summed E-state index contributed by atoms with van der Waals surface area (Å²) in [6.45, 7) is -0.106. The summed E-state index contributed by atoms with van der Waals surface area (Å²) in [5, 5.41) is 13.0. The predicted molar refractivity (Wildman–Crippen MR) is 98.2 cm³/mol. The number of rotatable bonds is 7. The zero-order valence-corrected chi connectivity index (χ0v) is 14.7. The molecule has 3 rings (SSSR count). The molecule has 0 aliphatic heterocycles. The smallest absolute Gasteiger partial charge is 0.294 e. The number of thiophene rings is 1. The van der Waals surface area contributed by atoms with E-state index in [0.29, 0.717) is 26.2 Å². The zero-order chi connectivity index (χ0) is 19.4. The summed E-state index contributed by atoms with van der Waals surface area (Å²) in [5.41, 5.74) is 7.01. The van der Waals surface area contributed by atoms with Crippen LogP contribution in [0.4, 0.5) is 9.39 Å². The molecule has 1 aromatic carbocycles. The van der Waals surface area contributed by atoms with Gasteiger partial charge in [-0.2, -0.15) is 0 Å². The molecule has 0 unspecified atom stereocenters. The summed E-state index contributed by atoms with van der Waals surface area (Å²) in [7, 11) is 0. The molecule has 3 N–H and O–H groups in total. The first kappa shape index (κ1) is 18.7. The number of halogens is 1. The number of carbonyl (C=O) groups excluding carboxylic acids is 1. The molecule has 0 aliphatic rings. The van der Waals surface area contributed by atoms with Crippen molar-refractivity contribution in [1.82, 2.24) is 4.98 Å². The Kier molecular flexibility index (Phi) is 5.57. The third kappa shape index (κ3) is 4.36. The van der Waals surface area contributed by atoms with E-state index in [1.165, 1.54) is 17.5 Å². The van der Waals surface area contributed by atoms with Crippen molar-refractivity contribution < 1.29 is 19.1 Å². The Labute approximate surface area is 156 Å².